The van der Waals surface area contributed by atoms with Crippen LogP contribution in [0.1, 0.15) is 25.0 Å². The number of ether oxygens (including phenoxy) is 1. The molecule has 1 aromatic carbocycles. The molecule has 0 atom stereocenters. The first-order chi connectivity index (χ1) is 10.6. The Morgan fingerprint density at radius 2 is 1.71 bits per heavy atom. The average molecular weight is 377 g/mol. The first-order valence-corrected chi connectivity index (χ1v) is 7.54. The number of aliphatic imine (C=N–C) groups is 1. The van der Waals surface area contributed by atoms with Crippen molar-refractivity contribution in [3.8, 4) is 5.75 Å². The first-order valence-electron chi connectivity index (χ1n) is 6.14. The number of hydrogen-bond donors (Lipinski definition) is 0. The smallest absolute Gasteiger partial charge is 0.466 e. The van der Waals surface area contributed by atoms with Crippen molar-refractivity contribution in [1.29, 1.82) is 0 Å². The van der Waals surface area contributed by atoms with Gasteiger partial charge in [0.05, 0.1) is 11.1 Å². The lowest BCUT2D eigenvalue weighted by Gasteiger charge is -2.29. The Hall–Kier alpha value is -1.98. The van der Waals surface area contributed by atoms with E-state index in [4.69, 9.17) is 4.74 Å². The molecule has 134 valence electrons. The molecule has 0 saturated heterocycles. The number of nitrogens with zero attached hydrogens (tertiary/aromatic N) is 1. The zero-order chi connectivity index (χ0) is 18.6. The molecule has 24 heavy (non-hydrogen) atoms. The predicted octanol–water partition coefficient (Wildman–Crippen LogP) is 3.45. The topological polar surface area (TPSA) is 65.0 Å². The van der Waals surface area contributed by atoms with Crippen LogP contribution >= 0.6 is 0 Å². The van der Waals surface area contributed by atoms with Crippen LogP contribution in [0, 0.1) is 0 Å². The zero-order valence-corrected chi connectivity index (χ0v) is 12.8. The summed E-state index contributed by atoms with van der Waals surface area (Å²) in [6, 6.07) is 1.78. The predicted molar refractivity (Wildman–Crippen MR) is 68.7 cm³/mol. The van der Waals surface area contributed by atoms with E-state index in [1.807, 2.05) is 0 Å². The maximum atomic E-state index is 12.7. The Morgan fingerprint density at radius 3 is 2.21 bits per heavy atom. The van der Waals surface area contributed by atoms with Crippen molar-refractivity contribution in [2.24, 2.45) is 4.99 Å². The highest BCUT2D eigenvalue weighted by atomic mass is 32.2. The van der Waals surface area contributed by atoms with Gasteiger partial charge in [-0.3, -0.25) is 0 Å². The van der Waals surface area contributed by atoms with Crippen LogP contribution in [0.3, 0.4) is 0 Å². The molecular weight excluding hydrogens is 368 g/mol. The van der Waals surface area contributed by atoms with E-state index in [2.05, 4.69) is 9.18 Å². The summed E-state index contributed by atoms with van der Waals surface area (Å²) < 4.78 is 107. The number of fused-ring (bicyclic) bond motifs is 1. The Bertz CT molecular complexity index is 795. The van der Waals surface area contributed by atoms with Gasteiger partial charge in [0, 0.05) is 0 Å². The standard InChI is InChI=1S/C12H9F6NO4S/c1-10(2)19-9(23-24(20,21)12(16,17)18)7-4-3-6(11(13,14)15)5-8(7)22-10/h3-5H,1-2H3. The second-order valence-electron chi connectivity index (χ2n) is 5.16. The highest BCUT2D eigenvalue weighted by Gasteiger charge is 2.50. The quantitative estimate of drug-likeness (QED) is 0.427. The van der Waals surface area contributed by atoms with Gasteiger partial charge < -0.3 is 8.92 Å². The average Bonchev–Trinajstić information content (AvgIpc) is 2.33. The maximum absolute atomic E-state index is 12.7. The van der Waals surface area contributed by atoms with Crippen LogP contribution in [0.4, 0.5) is 26.3 Å². The number of halogens is 6. The molecule has 0 saturated carbocycles. The fourth-order valence-corrected chi connectivity index (χ4v) is 2.20. The van der Waals surface area contributed by atoms with E-state index in [0.29, 0.717) is 12.1 Å². The van der Waals surface area contributed by atoms with Crippen molar-refractivity contribution in [1.82, 2.24) is 0 Å². The summed E-state index contributed by atoms with van der Waals surface area (Å²) in [7, 11) is -6.04. The molecule has 1 aliphatic heterocycles. The summed E-state index contributed by atoms with van der Waals surface area (Å²) in [4.78, 5) is 3.56. The normalized spacial score (nSPS) is 17.6. The molecule has 0 bridgehead atoms. The van der Waals surface area contributed by atoms with Crippen molar-refractivity contribution < 1.29 is 43.7 Å². The molecular formula is C12H9F6NO4S. The van der Waals surface area contributed by atoms with Crippen molar-refractivity contribution in [3.63, 3.8) is 0 Å². The molecule has 5 nitrogen and oxygen atoms in total. The van der Waals surface area contributed by atoms with Gasteiger partial charge in [-0.2, -0.15) is 34.8 Å². The van der Waals surface area contributed by atoms with Crippen molar-refractivity contribution >= 4 is 16.0 Å². The molecule has 2 rings (SSSR count). The summed E-state index contributed by atoms with van der Waals surface area (Å²) >= 11 is 0. The molecule has 0 amide bonds. The lowest BCUT2D eigenvalue weighted by atomic mass is 10.1. The zero-order valence-electron chi connectivity index (χ0n) is 12.0. The van der Waals surface area contributed by atoms with E-state index in [9.17, 15) is 34.8 Å². The van der Waals surface area contributed by atoms with Crippen molar-refractivity contribution in [3.05, 3.63) is 29.3 Å². The van der Waals surface area contributed by atoms with E-state index in [1.54, 1.807) is 0 Å². The highest BCUT2D eigenvalue weighted by molar-refractivity contribution is 7.88. The van der Waals surface area contributed by atoms with Gasteiger partial charge in [-0.25, -0.2) is 4.99 Å². The van der Waals surface area contributed by atoms with E-state index in [1.165, 1.54) is 13.8 Å². The highest BCUT2D eigenvalue weighted by Crippen LogP contribution is 2.38. The number of rotatable bonds is 1. The minimum absolute atomic E-state index is 0.449. The largest absolute Gasteiger partial charge is 0.534 e. The Balaban J connectivity index is 2.53. The van der Waals surface area contributed by atoms with E-state index in [-0.39, 0.29) is 0 Å². The van der Waals surface area contributed by atoms with Crippen LogP contribution in [0.25, 0.3) is 0 Å². The van der Waals surface area contributed by atoms with Gasteiger partial charge in [-0.1, -0.05) is 0 Å². The van der Waals surface area contributed by atoms with Crippen LogP contribution in [-0.2, 0) is 20.5 Å². The van der Waals surface area contributed by atoms with Crippen LogP contribution in [0.5, 0.6) is 5.75 Å². The minimum Gasteiger partial charge on any atom is -0.466 e. The fraction of sp³-hybridized carbons (Fsp3) is 0.417. The monoisotopic (exact) mass is 377 g/mol. The van der Waals surface area contributed by atoms with Crippen LogP contribution in [0.15, 0.2) is 23.2 Å². The third-order valence-corrected chi connectivity index (χ3v) is 3.69. The van der Waals surface area contributed by atoms with Crippen molar-refractivity contribution in [2.45, 2.75) is 31.3 Å². The summed E-state index contributed by atoms with van der Waals surface area (Å²) in [6.07, 6.45) is -4.73. The Morgan fingerprint density at radius 1 is 1.12 bits per heavy atom. The second-order valence-corrected chi connectivity index (χ2v) is 6.70. The van der Waals surface area contributed by atoms with Gasteiger partial charge in [-0.15, -0.1) is 0 Å². The first kappa shape index (κ1) is 18.4. The molecule has 0 aromatic heterocycles. The molecule has 12 heteroatoms. The molecule has 0 radical (unpaired) electrons. The Labute approximate surface area is 132 Å². The number of alkyl halides is 6. The molecule has 0 unspecified atom stereocenters. The van der Waals surface area contributed by atoms with Crippen molar-refractivity contribution in [2.75, 3.05) is 0 Å². The Kier molecular flexibility index (Phi) is 4.02. The molecule has 1 aliphatic rings. The van der Waals surface area contributed by atoms with Gasteiger partial charge in [0.1, 0.15) is 5.75 Å². The lowest BCUT2D eigenvalue weighted by molar-refractivity contribution is -0.137. The second kappa shape index (κ2) is 5.26. The fourth-order valence-electron chi connectivity index (χ4n) is 1.77. The summed E-state index contributed by atoms with van der Waals surface area (Å²) in [6.45, 7) is 2.42. The van der Waals surface area contributed by atoms with Crippen LogP contribution in [-0.4, -0.2) is 25.5 Å². The molecule has 0 aliphatic carbocycles. The summed E-state index contributed by atoms with van der Waals surface area (Å²) in [5.74, 6) is -1.51. The lowest BCUT2D eigenvalue weighted by Crippen LogP contribution is -2.36. The maximum Gasteiger partial charge on any atom is 0.534 e. The number of benzene rings is 1. The van der Waals surface area contributed by atoms with E-state index < -0.39 is 50.3 Å². The van der Waals surface area contributed by atoms with Gasteiger partial charge in [0.2, 0.25) is 5.90 Å². The van der Waals surface area contributed by atoms with Gasteiger partial charge >= 0.3 is 21.8 Å². The van der Waals surface area contributed by atoms with E-state index >= 15 is 0 Å². The molecule has 1 aromatic rings. The SMILES string of the molecule is CC1(C)N=C(OS(=O)(=O)C(F)(F)F)c2ccc(C(F)(F)F)cc2O1. The minimum atomic E-state index is -6.04. The van der Waals surface area contributed by atoms with Gasteiger partial charge in [0.25, 0.3) is 0 Å². The summed E-state index contributed by atoms with van der Waals surface area (Å²) in [5.41, 5.74) is -8.93. The molecule has 0 fully saturated rings. The van der Waals surface area contributed by atoms with Gasteiger partial charge in [-0.05, 0) is 32.0 Å². The molecule has 0 spiro atoms. The van der Waals surface area contributed by atoms with Crippen LogP contribution in [0.2, 0.25) is 0 Å². The van der Waals surface area contributed by atoms with Gasteiger partial charge in [0.15, 0.2) is 5.72 Å². The third-order valence-electron chi connectivity index (χ3n) is 2.74. The third kappa shape index (κ3) is 3.57. The number of hydrogen-bond acceptors (Lipinski definition) is 5. The van der Waals surface area contributed by atoms with Crippen LogP contribution < -0.4 is 4.74 Å². The van der Waals surface area contributed by atoms with E-state index in [0.717, 1.165) is 6.07 Å². The molecule has 1 heterocycles. The summed E-state index contributed by atoms with van der Waals surface area (Å²) in [5, 5.41) is 0. The molecule has 0 N–H and O–H groups in total.